The molecule has 6 heteroatoms. The van der Waals surface area contributed by atoms with E-state index in [1.54, 1.807) is 0 Å². The fraction of sp³-hybridized carbons (Fsp3) is 0.400. The number of hydrogen-bond acceptors (Lipinski definition) is 3. The highest BCUT2D eigenvalue weighted by atomic mass is 35.5. The molecule has 0 bridgehead atoms. The average molecular weight is 199 g/mol. The summed E-state index contributed by atoms with van der Waals surface area (Å²) in [5, 5.41) is 0.385. The first-order valence-electron chi connectivity index (χ1n) is 2.74. The lowest BCUT2D eigenvalue weighted by Gasteiger charge is -2.00. The number of rotatable bonds is 5. The molecule has 0 rings (SSSR count). The maximum absolute atomic E-state index is 10.1. The van der Waals surface area contributed by atoms with Crippen LogP contribution in [0.5, 0.6) is 0 Å². The smallest absolute Gasteiger partial charge is 0.245 e. The van der Waals surface area contributed by atoms with Crippen LogP contribution in [0.2, 0.25) is 0 Å². The molecule has 0 aliphatic rings. The number of hydroxylamine groups is 1. The summed E-state index contributed by atoms with van der Waals surface area (Å²) in [6.45, 7) is 0.0603. The number of nitrogens with one attached hydrogen (secondary N) is 1. The third-order valence-electron chi connectivity index (χ3n) is 0.676. The number of halogens is 2. The van der Waals surface area contributed by atoms with Crippen LogP contribution in [0, 0.1) is 0 Å². The summed E-state index contributed by atoms with van der Waals surface area (Å²) in [6.07, 6.45) is 0. The van der Waals surface area contributed by atoms with E-state index in [9.17, 15) is 4.79 Å². The molecule has 3 N–H and O–H groups in total. The van der Waals surface area contributed by atoms with Crippen molar-refractivity contribution >= 4 is 29.1 Å². The number of hydrogen-bond donors (Lipinski definition) is 2. The Morgan fingerprint density at radius 1 is 1.73 bits per heavy atom. The molecule has 0 atom stereocenters. The van der Waals surface area contributed by atoms with E-state index in [4.69, 9.17) is 28.9 Å². The van der Waals surface area contributed by atoms with Gasteiger partial charge in [-0.1, -0.05) is 23.2 Å². The van der Waals surface area contributed by atoms with Crippen LogP contribution in [0.1, 0.15) is 0 Å². The Kier molecular flexibility index (Phi) is 6.25. The molecule has 0 radical (unpaired) electrons. The highest BCUT2D eigenvalue weighted by Gasteiger charge is 1.94. The average Bonchev–Trinajstić information content (AvgIpc) is 1.97. The van der Waals surface area contributed by atoms with Gasteiger partial charge in [-0.2, -0.15) is 5.48 Å². The zero-order chi connectivity index (χ0) is 8.69. The molecule has 0 aromatic carbocycles. The minimum Gasteiger partial charge on any atom is -0.368 e. The number of nitrogens with two attached hydrogens (primary N) is 1. The van der Waals surface area contributed by atoms with Crippen molar-refractivity contribution in [2.75, 3.05) is 13.2 Å². The zero-order valence-corrected chi connectivity index (χ0v) is 7.15. The molecule has 0 aromatic heterocycles. The normalized spacial score (nSPS) is 11.6. The molecule has 1 amide bonds. The standard InChI is InChI=1S/C5H8Cl2N2O2/c6-1-4(7)2-9-11-3-5(8)10/h1,9H,2-3H2,(H2,8,10). The predicted octanol–water partition coefficient (Wildman–Crippen LogP) is 0.312. The third-order valence-corrected chi connectivity index (χ3v) is 1.29. The van der Waals surface area contributed by atoms with E-state index in [1.807, 2.05) is 0 Å². The molecule has 0 fully saturated rings. The number of carbonyl (C=O) groups is 1. The molecule has 0 saturated heterocycles. The van der Waals surface area contributed by atoms with Crippen LogP contribution in [-0.4, -0.2) is 19.1 Å². The summed E-state index contributed by atoms with van der Waals surface area (Å²) < 4.78 is 0. The lowest BCUT2D eigenvalue weighted by molar-refractivity contribution is -0.125. The Balaban J connectivity index is 3.21. The first-order chi connectivity index (χ1) is 5.16. The summed E-state index contributed by atoms with van der Waals surface area (Å²) >= 11 is 10.7. The van der Waals surface area contributed by atoms with E-state index in [0.29, 0.717) is 5.03 Å². The SMILES string of the molecule is NC(=O)CONCC(Cl)=CCl. The quantitative estimate of drug-likeness (QED) is 0.494. The number of primary amides is 1. The van der Waals surface area contributed by atoms with E-state index >= 15 is 0 Å². The van der Waals surface area contributed by atoms with Crippen molar-refractivity contribution in [3.8, 4) is 0 Å². The molecule has 0 aromatic rings. The van der Waals surface area contributed by atoms with Gasteiger partial charge in [0, 0.05) is 10.6 Å². The second kappa shape index (κ2) is 6.42. The van der Waals surface area contributed by atoms with Gasteiger partial charge in [0.05, 0.1) is 6.54 Å². The van der Waals surface area contributed by atoms with Crippen molar-refractivity contribution in [3.63, 3.8) is 0 Å². The van der Waals surface area contributed by atoms with E-state index < -0.39 is 5.91 Å². The second-order valence-corrected chi connectivity index (χ2v) is 2.34. The molecule has 0 saturated carbocycles. The molecular formula is C5H8Cl2N2O2. The summed E-state index contributed by atoms with van der Waals surface area (Å²) in [5.74, 6) is -0.552. The monoisotopic (exact) mass is 198 g/mol. The molecule has 0 aliphatic carbocycles. The van der Waals surface area contributed by atoms with Gasteiger partial charge >= 0.3 is 0 Å². The Bertz CT molecular complexity index is 161. The summed E-state index contributed by atoms with van der Waals surface area (Å²) in [6, 6.07) is 0. The Hall–Kier alpha value is -0.290. The zero-order valence-electron chi connectivity index (χ0n) is 5.64. The van der Waals surface area contributed by atoms with Crippen LogP contribution in [0.25, 0.3) is 0 Å². The molecule has 0 spiro atoms. The highest BCUT2D eigenvalue weighted by Crippen LogP contribution is 1.99. The van der Waals surface area contributed by atoms with Crippen molar-refractivity contribution in [2.45, 2.75) is 0 Å². The van der Waals surface area contributed by atoms with E-state index in [1.165, 1.54) is 5.54 Å². The van der Waals surface area contributed by atoms with Gasteiger partial charge in [0.15, 0.2) is 0 Å². The van der Waals surface area contributed by atoms with Gasteiger partial charge < -0.3 is 5.73 Å². The molecule has 64 valence electrons. The van der Waals surface area contributed by atoms with Gasteiger partial charge in [-0.05, 0) is 0 Å². The van der Waals surface area contributed by atoms with Crippen LogP contribution in [0.4, 0.5) is 0 Å². The van der Waals surface area contributed by atoms with Crippen LogP contribution < -0.4 is 11.2 Å². The summed E-state index contributed by atoms with van der Waals surface area (Å²) in [4.78, 5) is 14.7. The van der Waals surface area contributed by atoms with Crippen LogP contribution >= 0.6 is 23.2 Å². The van der Waals surface area contributed by atoms with E-state index in [-0.39, 0.29) is 13.2 Å². The minimum atomic E-state index is -0.552. The first kappa shape index (κ1) is 10.7. The van der Waals surface area contributed by atoms with Gasteiger partial charge in [0.2, 0.25) is 5.91 Å². The van der Waals surface area contributed by atoms with Crippen molar-refractivity contribution in [2.24, 2.45) is 5.73 Å². The van der Waals surface area contributed by atoms with Crippen LogP contribution in [-0.2, 0) is 9.63 Å². The molecule has 0 heterocycles. The van der Waals surface area contributed by atoms with Crippen molar-refractivity contribution in [1.82, 2.24) is 5.48 Å². The maximum Gasteiger partial charge on any atom is 0.245 e. The minimum absolute atomic E-state index is 0.188. The maximum atomic E-state index is 10.1. The van der Waals surface area contributed by atoms with Gasteiger partial charge in [-0.3, -0.25) is 9.63 Å². The van der Waals surface area contributed by atoms with Crippen LogP contribution in [0.3, 0.4) is 0 Å². The molecule has 0 aliphatic heterocycles. The number of carbonyl (C=O) groups excluding carboxylic acids is 1. The van der Waals surface area contributed by atoms with Crippen LogP contribution in [0.15, 0.2) is 10.6 Å². The molecular weight excluding hydrogens is 191 g/mol. The van der Waals surface area contributed by atoms with Gasteiger partial charge in [0.1, 0.15) is 6.61 Å². The summed E-state index contributed by atoms with van der Waals surface area (Å²) in [5.41, 5.74) is 8.34. The third kappa shape index (κ3) is 7.61. The fourth-order valence-corrected chi connectivity index (χ4v) is 0.412. The molecule has 0 unspecified atom stereocenters. The van der Waals surface area contributed by atoms with Crippen molar-refractivity contribution in [1.29, 1.82) is 0 Å². The first-order valence-corrected chi connectivity index (χ1v) is 3.56. The van der Waals surface area contributed by atoms with Gasteiger partial charge in [-0.15, -0.1) is 0 Å². The van der Waals surface area contributed by atoms with Crippen molar-refractivity contribution in [3.05, 3.63) is 10.6 Å². The van der Waals surface area contributed by atoms with Gasteiger partial charge in [-0.25, -0.2) is 0 Å². The Morgan fingerprint density at radius 2 is 2.36 bits per heavy atom. The van der Waals surface area contributed by atoms with E-state index in [2.05, 4.69) is 10.3 Å². The molecule has 4 nitrogen and oxygen atoms in total. The lowest BCUT2D eigenvalue weighted by atomic mass is 10.6. The van der Waals surface area contributed by atoms with Gasteiger partial charge in [0.25, 0.3) is 0 Å². The fourth-order valence-electron chi connectivity index (χ4n) is 0.281. The predicted molar refractivity (Wildman–Crippen MR) is 42.9 cm³/mol. The largest absolute Gasteiger partial charge is 0.368 e. The Labute approximate surface area is 74.2 Å². The highest BCUT2D eigenvalue weighted by molar-refractivity contribution is 6.36. The topological polar surface area (TPSA) is 64.4 Å². The molecule has 11 heavy (non-hydrogen) atoms. The van der Waals surface area contributed by atoms with E-state index in [0.717, 1.165) is 0 Å². The second-order valence-electron chi connectivity index (χ2n) is 1.63. The number of amides is 1. The lowest BCUT2D eigenvalue weighted by Crippen LogP contribution is -2.25. The van der Waals surface area contributed by atoms with Crippen molar-refractivity contribution < 1.29 is 9.63 Å². The summed E-state index contributed by atoms with van der Waals surface area (Å²) in [7, 11) is 0. The Morgan fingerprint density at radius 3 is 2.82 bits per heavy atom.